The average molecular weight is 444 g/mol. The molecule has 1 aromatic carbocycles. The van der Waals surface area contributed by atoms with Gasteiger partial charge in [-0.2, -0.15) is 0 Å². The van der Waals surface area contributed by atoms with E-state index in [1.807, 2.05) is 16.7 Å². The standard InChI is InChI=1S/C23H30ClN5O2/c1-26-21-20(22(30)27(2)23(26)31)29(16-25-21)15-6-3-5-13-28-14-7-4-8-19(28)17-9-11-18(24)12-10-17/h9-12,16,19H,3-8,13-15H2,1-2H3. The van der Waals surface area contributed by atoms with Crippen LogP contribution in [-0.2, 0) is 20.6 Å². The summed E-state index contributed by atoms with van der Waals surface area (Å²) >= 11 is 6.06. The largest absolute Gasteiger partial charge is 0.332 e. The zero-order chi connectivity index (χ0) is 22.0. The van der Waals surface area contributed by atoms with Crippen LogP contribution >= 0.6 is 11.6 Å². The molecule has 0 N–H and O–H groups in total. The van der Waals surface area contributed by atoms with Crippen LogP contribution < -0.4 is 11.2 Å². The molecule has 0 bridgehead atoms. The van der Waals surface area contributed by atoms with Gasteiger partial charge in [0.25, 0.3) is 5.56 Å². The number of halogens is 1. The summed E-state index contributed by atoms with van der Waals surface area (Å²) in [5.74, 6) is 0. The predicted molar refractivity (Wildman–Crippen MR) is 124 cm³/mol. The molecule has 31 heavy (non-hydrogen) atoms. The summed E-state index contributed by atoms with van der Waals surface area (Å²) in [6.07, 6.45) is 8.57. The molecule has 0 spiro atoms. The van der Waals surface area contributed by atoms with Crippen molar-refractivity contribution in [1.82, 2.24) is 23.6 Å². The fourth-order valence-electron chi connectivity index (χ4n) is 4.66. The maximum atomic E-state index is 12.5. The van der Waals surface area contributed by atoms with Gasteiger partial charge in [-0.1, -0.05) is 36.6 Å². The Hall–Kier alpha value is -2.38. The average Bonchev–Trinajstić information content (AvgIpc) is 3.21. The molecule has 166 valence electrons. The number of rotatable bonds is 7. The normalized spacial score (nSPS) is 17.5. The summed E-state index contributed by atoms with van der Waals surface area (Å²) in [7, 11) is 3.16. The second-order valence-electron chi connectivity index (χ2n) is 8.48. The van der Waals surface area contributed by atoms with Gasteiger partial charge in [-0.25, -0.2) is 9.78 Å². The minimum atomic E-state index is -0.348. The Morgan fingerprint density at radius 3 is 2.52 bits per heavy atom. The number of nitrogens with zero attached hydrogens (tertiary/aromatic N) is 5. The van der Waals surface area contributed by atoms with Crippen molar-refractivity contribution >= 4 is 22.8 Å². The molecule has 1 aliphatic heterocycles. The van der Waals surface area contributed by atoms with Gasteiger partial charge < -0.3 is 4.57 Å². The summed E-state index contributed by atoms with van der Waals surface area (Å²) in [6.45, 7) is 2.95. The van der Waals surface area contributed by atoms with Gasteiger partial charge in [0.05, 0.1) is 6.33 Å². The molecule has 2 aromatic heterocycles. The van der Waals surface area contributed by atoms with Crippen molar-refractivity contribution in [3.63, 3.8) is 0 Å². The molecule has 1 saturated heterocycles. The first-order valence-corrected chi connectivity index (χ1v) is 11.5. The highest BCUT2D eigenvalue weighted by Gasteiger charge is 2.23. The van der Waals surface area contributed by atoms with Crippen molar-refractivity contribution in [3.05, 3.63) is 62.0 Å². The zero-order valence-electron chi connectivity index (χ0n) is 18.3. The Bertz CT molecular complexity index is 1160. The monoisotopic (exact) mass is 443 g/mol. The number of aryl methyl sites for hydroxylation is 2. The minimum absolute atomic E-state index is 0.283. The van der Waals surface area contributed by atoms with E-state index in [1.54, 1.807) is 13.4 Å². The van der Waals surface area contributed by atoms with Crippen molar-refractivity contribution in [2.75, 3.05) is 13.1 Å². The fourth-order valence-corrected chi connectivity index (χ4v) is 4.79. The van der Waals surface area contributed by atoms with Gasteiger partial charge in [0.15, 0.2) is 11.2 Å². The Kier molecular flexibility index (Phi) is 6.62. The fraction of sp³-hybridized carbons (Fsp3) is 0.522. The van der Waals surface area contributed by atoms with Crippen molar-refractivity contribution in [3.8, 4) is 0 Å². The lowest BCUT2D eigenvalue weighted by molar-refractivity contribution is 0.145. The lowest BCUT2D eigenvalue weighted by Crippen LogP contribution is -2.37. The summed E-state index contributed by atoms with van der Waals surface area (Å²) in [5, 5.41) is 0.785. The number of imidazole rings is 1. The van der Waals surface area contributed by atoms with Gasteiger partial charge in [-0.15, -0.1) is 0 Å². The van der Waals surface area contributed by atoms with Crippen LogP contribution in [0.2, 0.25) is 5.02 Å². The van der Waals surface area contributed by atoms with Gasteiger partial charge in [-0.05, 0) is 56.5 Å². The third-order valence-electron chi connectivity index (χ3n) is 6.43. The van der Waals surface area contributed by atoms with Crippen molar-refractivity contribution < 1.29 is 0 Å². The summed E-state index contributed by atoms with van der Waals surface area (Å²) in [5.41, 5.74) is 1.68. The molecule has 1 atom stereocenters. The number of unbranched alkanes of at least 4 members (excludes halogenated alkanes) is 2. The first-order chi connectivity index (χ1) is 15.0. The van der Waals surface area contributed by atoms with Crippen LogP contribution in [0.4, 0.5) is 0 Å². The number of hydrogen-bond acceptors (Lipinski definition) is 4. The molecule has 3 aromatic rings. The lowest BCUT2D eigenvalue weighted by atomic mass is 9.95. The van der Waals surface area contributed by atoms with E-state index in [-0.39, 0.29) is 11.2 Å². The summed E-state index contributed by atoms with van der Waals surface area (Å²) < 4.78 is 4.46. The quantitative estimate of drug-likeness (QED) is 0.524. The predicted octanol–water partition coefficient (Wildman–Crippen LogP) is 3.48. The highest BCUT2D eigenvalue weighted by Crippen LogP contribution is 2.31. The maximum Gasteiger partial charge on any atom is 0.332 e. The third kappa shape index (κ3) is 4.48. The molecule has 0 saturated carbocycles. The number of hydrogen-bond donors (Lipinski definition) is 0. The third-order valence-corrected chi connectivity index (χ3v) is 6.68. The maximum absolute atomic E-state index is 12.5. The van der Waals surface area contributed by atoms with E-state index in [9.17, 15) is 9.59 Å². The number of benzene rings is 1. The van der Waals surface area contributed by atoms with E-state index in [0.717, 1.165) is 48.5 Å². The number of likely N-dealkylation sites (tertiary alicyclic amines) is 1. The van der Waals surface area contributed by atoms with Crippen LogP contribution in [0.5, 0.6) is 0 Å². The van der Waals surface area contributed by atoms with Crippen molar-refractivity contribution in [1.29, 1.82) is 0 Å². The molecule has 1 fully saturated rings. The number of aromatic nitrogens is 4. The summed E-state index contributed by atoms with van der Waals surface area (Å²) in [6, 6.07) is 8.76. The SMILES string of the molecule is Cn1c(=O)c2c(ncn2CCCCCN2CCCCC2c2ccc(Cl)cc2)n(C)c1=O. The van der Waals surface area contributed by atoms with E-state index in [4.69, 9.17) is 11.6 Å². The molecule has 0 aliphatic carbocycles. The molecule has 3 heterocycles. The molecule has 1 aliphatic rings. The molecular weight excluding hydrogens is 414 g/mol. The van der Waals surface area contributed by atoms with Gasteiger partial charge in [-0.3, -0.25) is 18.8 Å². The minimum Gasteiger partial charge on any atom is -0.325 e. The smallest absolute Gasteiger partial charge is 0.325 e. The van der Waals surface area contributed by atoms with Gasteiger partial charge in [0.2, 0.25) is 0 Å². The van der Waals surface area contributed by atoms with Crippen LogP contribution in [0.3, 0.4) is 0 Å². The highest BCUT2D eigenvalue weighted by molar-refractivity contribution is 6.30. The van der Waals surface area contributed by atoms with E-state index in [2.05, 4.69) is 22.0 Å². The Morgan fingerprint density at radius 2 is 1.74 bits per heavy atom. The first kappa shape index (κ1) is 21.8. The topological polar surface area (TPSA) is 65.1 Å². The van der Waals surface area contributed by atoms with Gasteiger partial charge in [0.1, 0.15) is 0 Å². The second-order valence-corrected chi connectivity index (χ2v) is 8.91. The highest BCUT2D eigenvalue weighted by atomic mass is 35.5. The van der Waals surface area contributed by atoms with Crippen LogP contribution in [-0.4, -0.2) is 36.7 Å². The Labute approximate surface area is 186 Å². The van der Waals surface area contributed by atoms with Crippen LogP contribution in [0, 0.1) is 0 Å². The van der Waals surface area contributed by atoms with Crippen molar-refractivity contribution in [2.24, 2.45) is 14.1 Å². The van der Waals surface area contributed by atoms with Crippen molar-refractivity contribution in [2.45, 2.75) is 51.1 Å². The van der Waals surface area contributed by atoms with Crippen LogP contribution in [0.15, 0.2) is 40.2 Å². The van der Waals surface area contributed by atoms with E-state index in [0.29, 0.717) is 17.2 Å². The van der Waals surface area contributed by atoms with Gasteiger partial charge >= 0.3 is 5.69 Å². The van der Waals surface area contributed by atoms with Crippen LogP contribution in [0.1, 0.15) is 50.1 Å². The molecular formula is C23H30ClN5O2. The zero-order valence-corrected chi connectivity index (χ0v) is 19.0. The van der Waals surface area contributed by atoms with E-state index in [1.165, 1.54) is 36.4 Å². The molecule has 4 rings (SSSR count). The lowest BCUT2D eigenvalue weighted by Gasteiger charge is -2.36. The van der Waals surface area contributed by atoms with E-state index >= 15 is 0 Å². The van der Waals surface area contributed by atoms with Crippen LogP contribution in [0.25, 0.3) is 11.2 Å². The molecule has 8 heteroatoms. The number of fused-ring (bicyclic) bond motifs is 1. The molecule has 1 unspecified atom stereocenters. The first-order valence-electron chi connectivity index (χ1n) is 11.1. The molecule has 0 radical (unpaired) electrons. The second kappa shape index (κ2) is 9.40. The number of piperidine rings is 1. The molecule has 7 nitrogen and oxygen atoms in total. The van der Waals surface area contributed by atoms with Gasteiger partial charge in [0, 0.05) is 31.7 Å². The molecule has 0 amide bonds. The summed E-state index contributed by atoms with van der Waals surface area (Å²) in [4.78, 5) is 31.5. The Balaban J connectivity index is 1.34. The Morgan fingerprint density at radius 1 is 1.00 bits per heavy atom. The van der Waals surface area contributed by atoms with E-state index < -0.39 is 0 Å².